The first-order valence-corrected chi connectivity index (χ1v) is 8.73. The van der Waals surface area contributed by atoms with Crippen LogP contribution >= 0.6 is 0 Å². The minimum Gasteiger partial charge on any atom is -0.301 e. The van der Waals surface area contributed by atoms with Gasteiger partial charge in [-0.15, -0.1) is 0 Å². The van der Waals surface area contributed by atoms with Crippen molar-refractivity contribution in [2.75, 3.05) is 27.2 Å². The monoisotopic (exact) mass is 353 g/mol. The van der Waals surface area contributed by atoms with Crippen molar-refractivity contribution in [3.05, 3.63) is 76.9 Å². The van der Waals surface area contributed by atoms with Crippen molar-refractivity contribution in [3.63, 3.8) is 0 Å². The summed E-state index contributed by atoms with van der Waals surface area (Å²) >= 11 is 0. The fourth-order valence-corrected chi connectivity index (χ4v) is 3.96. The van der Waals surface area contributed by atoms with Crippen molar-refractivity contribution < 1.29 is 8.78 Å². The van der Waals surface area contributed by atoms with Crippen molar-refractivity contribution in [3.8, 4) is 0 Å². The normalized spacial score (nSPS) is 24.7. The van der Waals surface area contributed by atoms with Gasteiger partial charge in [0, 0.05) is 26.1 Å². The van der Waals surface area contributed by atoms with E-state index in [1.165, 1.54) is 24.3 Å². The van der Waals surface area contributed by atoms with Gasteiger partial charge in [-0.25, -0.2) is 8.78 Å². The third kappa shape index (κ3) is 3.15. The molecule has 2 heterocycles. The highest BCUT2D eigenvalue weighted by molar-refractivity contribution is 6.07. The van der Waals surface area contributed by atoms with Crippen LogP contribution in [0.25, 0.3) is 6.08 Å². The Kier molecular flexibility index (Phi) is 4.32. The van der Waals surface area contributed by atoms with Gasteiger partial charge in [0.25, 0.3) is 0 Å². The lowest BCUT2D eigenvalue weighted by molar-refractivity contribution is 0.211. The Hall–Kier alpha value is -2.53. The number of benzene rings is 2. The first-order chi connectivity index (χ1) is 12.5. The maximum absolute atomic E-state index is 13.3. The van der Waals surface area contributed by atoms with Crippen LogP contribution in [0.15, 0.2) is 59.2 Å². The lowest BCUT2D eigenvalue weighted by atomic mass is 9.83. The molecule has 0 amide bonds. The van der Waals surface area contributed by atoms with Crippen LogP contribution in [0.2, 0.25) is 0 Å². The number of hydrogen-bond acceptors (Lipinski definition) is 3. The Morgan fingerprint density at radius 2 is 1.58 bits per heavy atom. The number of fused-ring (bicyclic) bond motifs is 1. The quantitative estimate of drug-likeness (QED) is 0.814. The van der Waals surface area contributed by atoms with Gasteiger partial charge >= 0.3 is 0 Å². The molecule has 0 aromatic heterocycles. The van der Waals surface area contributed by atoms with Crippen LogP contribution in [0.4, 0.5) is 8.78 Å². The van der Waals surface area contributed by atoms with Crippen LogP contribution < -0.4 is 0 Å². The zero-order valence-corrected chi connectivity index (χ0v) is 14.9. The molecule has 4 rings (SSSR count). The molecule has 2 aliphatic heterocycles. The molecule has 0 unspecified atom stereocenters. The number of hydrazone groups is 1. The molecular formula is C21H21F2N3. The average Bonchev–Trinajstić information content (AvgIpc) is 2.94. The Labute approximate surface area is 152 Å². The molecule has 0 spiro atoms. The van der Waals surface area contributed by atoms with Gasteiger partial charge in [0.1, 0.15) is 11.6 Å². The van der Waals surface area contributed by atoms with Crippen molar-refractivity contribution in [1.82, 2.24) is 9.91 Å². The summed E-state index contributed by atoms with van der Waals surface area (Å²) in [6, 6.07) is 13.3. The van der Waals surface area contributed by atoms with E-state index < -0.39 is 0 Å². The van der Waals surface area contributed by atoms with Gasteiger partial charge in [-0.2, -0.15) is 5.10 Å². The zero-order chi connectivity index (χ0) is 18.3. The second-order valence-electron chi connectivity index (χ2n) is 7.08. The molecule has 0 radical (unpaired) electrons. The predicted molar refractivity (Wildman–Crippen MR) is 99.7 cm³/mol. The van der Waals surface area contributed by atoms with Gasteiger partial charge in [0.05, 0.1) is 11.8 Å². The van der Waals surface area contributed by atoms with Crippen LogP contribution in [-0.4, -0.2) is 42.8 Å². The van der Waals surface area contributed by atoms with Crippen LogP contribution in [0.3, 0.4) is 0 Å². The summed E-state index contributed by atoms with van der Waals surface area (Å²) in [6.07, 6.45) is 2.09. The molecule has 2 atom stereocenters. The lowest BCUT2D eigenvalue weighted by Crippen LogP contribution is -2.41. The van der Waals surface area contributed by atoms with E-state index in [4.69, 9.17) is 5.10 Å². The van der Waals surface area contributed by atoms with Gasteiger partial charge in [0.15, 0.2) is 0 Å². The highest BCUT2D eigenvalue weighted by atomic mass is 19.1. The zero-order valence-electron chi connectivity index (χ0n) is 14.9. The summed E-state index contributed by atoms with van der Waals surface area (Å²) in [7, 11) is 4.06. The van der Waals surface area contributed by atoms with Crippen LogP contribution in [0.1, 0.15) is 17.2 Å². The number of hydrogen-bond donors (Lipinski definition) is 0. The molecule has 2 aromatic carbocycles. The molecule has 26 heavy (non-hydrogen) atoms. The maximum atomic E-state index is 13.3. The maximum Gasteiger partial charge on any atom is 0.123 e. The Bertz CT molecular complexity index is 856. The van der Waals surface area contributed by atoms with Gasteiger partial charge in [0.2, 0.25) is 0 Å². The molecule has 134 valence electrons. The molecule has 2 aliphatic rings. The molecule has 1 fully saturated rings. The van der Waals surface area contributed by atoms with E-state index >= 15 is 0 Å². The van der Waals surface area contributed by atoms with E-state index in [0.717, 1.165) is 35.5 Å². The summed E-state index contributed by atoms with van der Waals surface area (Å²) in [5.41, 5.74) is 4.25. The van der Waals surface area contributed by atoms with Gasteiger partial charge in [-0.3, -0.25) is 5.01 Å². The first-order valence-electron chi connectivity index (χ1n) is 8.73. The summed E-state index contributed by atoms with van der Waals surface area (Å²) in [6.45, 7) is 1.70. The Morgan fingerprint density at radius 1 is 0.962 bits per heavy atom. The highest BCUT2D eigenvalue weighted by Gasteiger charge is 2.41. The molecular weight excluding hydrogens is 332 g/mol. The molecule has 5 heteroatoms. The number of rotatable bonds is 2. The van der Waals surface area contributed by atoms with E-state index in [9.17, 15) is 8.78 Å². The van der Waals surface area contributed by atoms with E-state index in [1.807, 2.05) is 24.2 Å². The minimum absolute atomic E-state index is 0.0879. The fraction of sp³-hybridized carbons (Fsp3) is 0.286. The van der Waals surface area contributed by atoms with Gasteiger partial charge in [-0.1, -0.05) is 24.3 Å². The number of nitrogens with zero attached hydrogens (tertiary/aromatic N) is 3. The summed E-state index contributed by atoms with van der Waals surface area (Å²) in [5.74, 6) is -0.246. The SMILES string of the molecule is CN1C/C(=C/c2ccc(F)cc2)C2=NN(C)[C@H](c3ccc(F)cc3)[C@@H]2C1. The number of halogens is 2. The van der Waals surface area contributed by atoms with Crippen molar-refractivity contribution in [2.45, 2.75) is 6.04 Å². The second-order valence-corrected chi connectivity index (χ2v) is 7.08. The Morgan fingerprint density at radius 3 is 2.23 bits per heavy atom. The number of piperidine rings is 1. The third-order valence-corrected chi connectivity index (χ3v) is 5.10. The molecule has 1 saturated heterocycles. The van der Waals surface area contributed by atoms with Crippen LogP contribution in [0.5, 0.6) is 0 Å². The smallest absolute Gasteiger partial charge is 0.123 e. The topological polar surface area (TPSA) is 18.8 Å². The molecule has 2 aromatic rings. The summed E-state index contributed by atoms with van der Waals surface area (Å²) < 4.78 is 26.5. The van der Waals surface area contributed by atoms with E-state index in [2.05, 4.69) is 18.0 Å². The second kappa shape index (κ2) is 6.65. The lowest BCUT2D eigenvalue weighted by Gasteiger charge is -2.34. The number of likely N-dealkylation sites (tertiary alicyclic amines) is 1. The Balaban J connectivity index is 1.68. The van der Waals surface area contributed by atoms with E-state index in [-0.39, 0.29) is 23.6 Å². The van der Waals surface area contributed by atoms with Crippen LogP contribution in [-0.2, 0) is 0 Å². The molecule has 0 saturated carbocycles. The highest BCUT2D eigenvalue weighted by Crippen LogP contribution is 2.39. The largest absolute Gasteiger partial charge is 0.301 e. The van der Waals surface area contributed by atoms with Crippen LogP contribution in [0, 0.1) is 17.6 Å². The van der Waals surface area contributed by atoms with E-state index in [0.29, 0.717) is 0 Å². The average molecular weight is 353 g/mol. The number of likely N-dealkylation sites (N-methyl/N-ethyl adjacent to an activating group) is 1. The molecule has 0 N–H and O–H groups in total. The molecule has 0 bridgehead atoms. The molecule has 3 nitrogen and oxygen atoms in total. The third-order valence-electron chi connectivity index (χ3n) is 5.10. The molecule has 0 aliphatic carbocycles. The van der Waals surface area contributed by atoms with Crippen molar-refractivity contribution in [2.24, 2.45) is 11.0 Å². The van der Waals surface area contributed by atoms with Gasteiger partial charge < -0.3 is 4.90 Å². The standard InChI is InChI=1S/C21H21F2N3/c1-25-12-16(11-14-3-7-17(22)8-4-14)20-19(13-25)21(26(2)24-20)15-5-9-18(23)10-6-15/h3-11,19,21H,12-13H2,1-2H3/b16-11-/t19-,21-/m1/s1. The van der Waals surface area contributed by atoms with Gasteiger partial charge in [-0.05, 0) is 54.1 Å². The fourth-order valence-electron chi connectivity index (χ4n) is 3.96. The predicted octanol–water partition coefficient (Wildman–Crippen LogP) is 3.95. The van der Waals surface area contributed by atoms with E-state index in [1.54, 1.807) is 12.1 Å². The summed E-state index contributed by atoms with van der Waals surface area (Å²) in [4.78, 5) is 2.27. The van der Waals surface area contributed by atoms with Crippen molar-refractivity contribution in [1.29, 1.82) is 0 Å². The summed E-state index contributed by atoms with van der Waals surface area (Å²) in [5, 5.41) is 6.78. The minimum atomic E-state index is -0.236. The first kappa shape index (κ1) is 16.9. The van der Waals surface area contributed by atoms with Crippen molar-refractivity contribution >= 4 is 11.8 Å².